The van der Waals surface area contributed by atoms with Gasteiger partial charge in [0, 0.05) is 30.8 Å². The average Bonchev–Trinajstić information content (AvgIpc) is 2.85. The topological polar surface area (TPSA) is 86.5 Å². The number of aromatic nitrogens is 1. The van der Waals surface area contributed by atoms with Crippen molar-refractivity contribution < 1.29 is 14.6 Å². The Kier molecular flexibility index (Phi) is 6.71. The van der Waals surface area contributed by atoms with Crippen molar-refractivity contribution >= 4 is 5.97 Å². The van der Waals surface area contributed by atoms with Gasteiger partial charge in [0.1, 0.15) is 5.75 Å². The molecule has 1 aliphatic rings. The molecule has 0 aliphatic carbocycles. The van der Waals surface area contributed by atoms with Gasteiger partial charge in [0.05, 0.1) is 23.8 Å². The molecule has 3 aromatic rings. The summed E-state index contributed by atoms with van der Waals surface area (Å²) in [5.74, 6) is -0.470. The van der Waals surface area contributed by atoms with Gasteiger partial charge in [-0.1, -0.05) is 48.5 Å². The molecule has 0 bridgehead atoms. The van der Waals surface area contributed by atoms with Crippen LogP contribution in [0.5, 0.6) is 5.75 Å². The fraction of sp³-hybridized carbons (Fsp3) is 0.296. The van der Waals surface area contributed by atoms with Gasteiger partial charge in [-0.05, 0) is 43.5 Å². The van der Waals surface area contributed by atoms with Gasteiger partial charge in [0.25, 0.3) is 0 Å². The summed E-state index contributed by atoms with van der Waals surface area (Å²) in [5, 5.41) is 20.2. The van der Waals surface area contributed by atoms with Gasteiger partial charge in [-0.2, -0.15) is 5.26 Å². The smallest absolute Gasteiger partial charge is 0.354 e. The van der Waals surface area contributed by atoms with E-state index in [-0.39, 0.29) is 5.69 Å². The number of nitriles is 1. The number of carboxylic acids is 1. The highest BCUT2D eigenvalue weighted by atomic mass is 16.5. The largest absolute Gasteiger partial charge is 0.493 e. The van der Waals surface area contributed by atoms with Crippen LogP contribution < -0.4 is 4.74 Å². The zero-order chi connectivity index (χ0) is 23.3. The number of para-hydroxylation sites is 1. The molecule has 0 spiro atoms. The van der Waals surface area contributed by atoms with Crippen LogP contribution >= 0.6 is 0 Å². The molecule has 1 N–H and O–H groups in total. The number of piperidine rings is 1. The second-order valence-electron chi connectivity index (χ2n) is 8.28. The van der Waals surface area contributed by atoms with E-state index in [1.807, 2.05) is 49.4 Å². The Hall–Kier alpha value is -3.69. The lowest BCUT2D eigenvalue weighted by Gasteiger charge is -2.38. The molecular formula is C27H27N3O3. The molecule has 0 amide bonds. The third kappa shape index (κ3) is 4.74. The number of hydrogen-bond donors (Lipinski definition) is 1. The highest BCUT2D eigenvalue weighted by Crippen LogP contribution is 2.38. The van der Waals surface area contributed by atoms with E-state index in [1.165, 1.54) is 5.56 Å². The molecule has 2 aromatic carbocycles. The molecule has 4 rings (SSSR count). The van der Waals surface area contributed by atoms with Crippen LogP contribution in [0.2, 0.25) is 0 Å². The predicted octanol–water partition coefficient (Wildman–Crippen LogP) is 4.90. The van der Waals surface area contributed by atoms with E-state index < -0.39 is 11.4 Å². The second-order valence-corrected chi connectivity index (χ2v) is 8.28. The molecular weight excluding hydrogens is 414 g/mol. The molecule has 1 fully saturated rings. The molecule has 0 saturated carbocycles. The molecule has 0 radical (unpaired) electrons. The Morgan fingerprint density at radius 1 is 1.09 bits per heavy atom. The van der Waals surface area contributed by atoms with Crippen molar-refractivity contribution in [2.75, 3.05) is 19.7 Å². The van der Waals surface area contributed by atoms with Crippen molar-refractivity contribution in [2.45, 2.75) is 31.7 Å². The number of rotatable bonds is 7. The minimum Gasteiger partial charge on any atom is -0.493 e. The van der Waals surface area contributed by atoms with Crippen molar-refractivity contribution in [3.8, 4) is 23.1 Å². The summed E-state index contributed by atoms with van der Waals surface area (Å²) in [6.07, 6.45) is 1.13. The third-order valence-electron chi connectivity index (χ3n) is 6.25. The van der Waals surface area contributed by atoms with E-state index in [9.17, 15) is 15.2 Å². The lowest BCUT2D eigenvalue weighted by molar-refractivity contribution is 0.0686. The maximum Gasteiger partial charge on any atom is 0.354 e. The van der Waals surface area contributed by atoms with Gasteiger partial charge in [-0.15, -0.1) is 0 Å². The van der Waals surface area contributed by atoms with Crippen LogP contribution in [0.4, 0.5) is 0 Å². The molecule has 168 valence electrons. The van der Waals surface area contributed by atoms with Crippen LogP contribution in [-0.4, -0.2) is 40.7 Å². The van der Waals surface area contributed by atoms with Crippen molar-refractivity contribution in [1.29, 1.82) is 5.26 Å². The number of aromatic carboxylic acids is 1. The van der Waals surface area contributed by atoms with E-state index >= 15 is 0 Å². The summed E-state index contributed by atoms with van der Waals surface area (Å²) in [4.78, 5) is 19.0. The van der Waals surface area contributed by atoms with Gasteiger partial charge < -0.3 is 9.84 Å². The number of carbonyl (C=O) groups is 1. The van der Waals surface area contributed by atoms with E-state index in [1.54, 1.807) is 12.1 Å². The Labute approximate surface area is 194 Å². The SMILES string of the molecule is CCOc1ccccc1-c1ccc(C2(C#N)CCN(Cc3ccccc3)CC2)c(C(=O)O)n1. The summed E-state index contributed by atoms with van der Waals surface area (Å²) in [7, 11) is 0. The number of hydrogen-bond acceptors (Lipinski definition) is 5. The lowest BCUT2D eigenvalue weighted by atomic mass is 9.73. The Bertz CT molecular complexity index is 1160. The Morgan fingerprint density at radius 2 is 1.79 bits per heavy atom. The molecule has 2 heterocycles. The van der Waals surface area contributed by atoms with Crippen LogP contribution in [0.3, 0.4) is 0 Å². The molecule has 0 unspecified atom stereocenters. The fourth-order valence-corrected chi connectivity index (χ4v) is 4.49. The Morgan fingerprint density at radius 3 is 2.45 bits per heavy atom. The summed E-state index contributed by atoms with van der Waals surface area (Å²) in [6.45, 7) is 4.65. The molecule has 1 saturated heterocycles. The third-order valence-corrected chi connectivity index (χ3v) is 6.25. The maximum atomic E-state index is 12.2. The first-order chi connectivity index (χ1) is 16.1. The van der Waals surface area contributed by atoms with Crippen molar-refractivity contribution in [1.82, 2.24) is 9.88 Å². The van der Waals surface area contributed by atoms with Crippen LogP contribution in [0.25, 0.3) is 11.3 Å². The van der Waals surface area contributed by atoms with Gasteiger partial charge in [-0.3, -0.25) is 4.90 Å². The fourth-order valence-electron chi connectivity index (χ4n) is 4.49. The lowest BCUT2D eigenvalue weighted by Crippen LogP contribution is -2.42. The zero-order valence-corrected chi connectivity index (χ0v) is 18.7. The molecule has 33 heavy (non-hydrogen) atoms. The van der Waals surface area contributed by atoms with E-state index in [4.69, 9.17) is 4.74 Å². The first kappa shape index (κ1) is 22.5. The number of nitrogens with zero attached hydrogens (tertiary/aromatic N) is 3. The van der Waals surface area contributed by atoms with Gasteiger partial charge in [-0.25, -0.2) is 9.78 Å². The standard InChI is InChI=1S/C27H27N3O3/c1-2-33-24-11-7-6-10-21(24)23-13-12-22(25(29-23)26(31)32)27(19-28)14-16-30(17-15-27)18-20-8-4-3-5-9-20/h3-13H,2,14-18H2,1H3,(H,31,32). The number of benzene rings is 2. The van der Waals surface area contributed by atoms with Crippen LogP contribution in [-0.2, 0) is 12.0 Å². The highest BCUT2D eigenvalue weighted by Gasteiger charge is 2.40. The van der Waals surface area contributed by atoms with Crippen molar-refractivity contribution in [3.63, 3.8) is 0 Å². The first-order valence-electron chi connectivity index (χ1n) is 11.2. The van der Waals surface area contributed by atoms with Gasteiger partial charge >= 0.3 is 5.97 Å². The monoisotopic (exact) mass is 441 g/mol. The number of carboxylic acid groups (broad SMARTS) is 1. The molecule has 6 nitrogen and oxygen atoms in total. The first-order valence-corrected chi connectivity index (χ1v) is 11.2. The van der Waals surface area contributed by atoms with Gasteiger partial charge in [0.15, 0.2) is 5.69 Å². The number of likely N-dealkylation sites (tertiary alicyclic amines) is 1. The molecule has 0 atom stereocenters. The minimum absolute atomic E-state index is 0.0585. The second kappa shape index (κ2) is 9.85. The predicted molar refractivity (Wildman–Crippen MR) is 126 cm³/mol. The number of ether oxygens (including phenoxy) is 1. The van der Waals surface area contributed by atoms with Crippen LogP contribution in [0.1, 0.15) is 41.4 Å². The summed E-state index contributed by atoms with van der Waals surface area (Å²) in [6, 6.07) is 23.7. The maximum absolute atomic E-state index is 12.2. The quantitative estimate of drug-likeness (QED) is 0.561. The summed E-state index contributed by atoms with van der Waals surface area (Å²) >= 11 is 0. The van der Waals surface area contributed by atoms with Crippen molar-refractivity contribution in [3.05, 3.63) is 83.6 Å². The van der Waals surface area contributed by atoms with Crippen LogP contribution in [0, 0.1) is 11.3 Å². The van der Waals surface area contributed by atoms with Gasteiger partial charge in [0.2, 0.25) is 0 Å². The zero-order valence-electron chi connectivity index (χ0n) is 18.7. The molecule has 6 heteroatoms. The molecule has 1 aliphatic heterocycles. The highest BCUT2D eigenvalue weighted by molar-refractivity contribution is 5.89. The Balaban J connectivity index is 1.63. The summed E-state index contributed by atoms with van der Waals surface area (Å²) in [5.41, 5.74) is 2.05. The number of pyridine rings is 1. The summed E-state index contributed by atoms with van der Waals surface area (Å²) < 4.78 is 5.69. The van der Waals surface area contributed by atoms with E-state index in [0.717, 1.165) is 25.2 Å². The average molecular weight is 442 g/mol. The molecule has 1 aromatic heterocycles. The van der Waals surface area contributed by atoms with Crippen molar-refractivity contribution in [2.24, 2.45) is 0 Å². The van der Waals surface area contributed by atoms with E-state index in [0.29, 0.717) is 36.5 Å². The van der Waals surface area contributed by atoms with E-state index in [2.05, 4.69) is 28.1 Å². The van der Waals surface area contributed by atoms with Crippen LogP contribution in [0.15, 0.2) is 66.7 Å². The minimum atomic E-state index is -1.12. The normalized spacial score (nSPS) is 15.5.